The highest BCUT2D eigenvalue weighted by atomic mass is 16.4. The van der Waals surface area contributed by atoms with E-state index in [1.807, 2.05) is 6.92 Å². The third kappa shape index (κ3) is 3.74. The molecule has 0 aliphatic heterocycles. The number of anilines is 1. The van der Waals surface area contributed by atoms with Crippen molar-refractivity contribution < 1.29 is 14.7 Å². The Kier molecular flexibility index (Phi) is 4.44. The molecule has 17 heavy (non-hydrogen) atoms. The molecule has 0 aliphatic carbocycles. The number of unbranched alkanes of at least 4 members (excludes halogenated alkanes) is 1. The number of hydrogen-bond acceptors (Lipinski definition) is 5. The zero-order valence-electron chi connectivity index (χ0n) is 9.43. The van der Waals surface area contributed by atoms with Crippen LogP contribution in [0.1, 0.15) is 36.8 Å². The number of nitrogens with one attached hydrogen (secondary N) is 2. The van der Waals surface area contributed by atoms with Crippen molar-refractivity contribution in [2.45, 2.75) is 32.2 Å². The number of aromatic nitrogens is 3. The Morgan fingerprint density at radius 2 is 2.29 bits per heavy atom. The maximum atomic E-state index is 11.6. The highest BCUT2D eigenvalue weighted by molar-refractivity contribution is 5.93. The lowest BCUT2D eigenvalue weighted by molar-refractivity contribution is -0.139. The number of nitrogens with zero attached hydrogens (tertiary/aromatic N) is 2. The summed E-state index contributed by atoms with van der Waals surface area (Å²) in [6.45, 7) is 1.94. The Morgan fingerprint density at radius 1 is 1.59 bits per heavy atom. The average molecular weight is 241 g/mol. The van der Waals surface area contributed by atoms with Gasteiger partial charge in [0, 0.05) is 0 Å². The van der Waals surface area contributed by atoms with Gasteiger partial charge in [-0.25, -0.2) is 4.79 Å². The Labute approximate surface area is 97.6 Å². The lowest BCUT2D eigenvalue weighted by Gasteiger charge is -2.12. The molecule has 1 aromatic rings. The average Bonchev–Trinajstić information content (AvgIpc) is 2.70. The first kappa shape index (κ1) is 12.9. The second-order valence-corrected chi connectivity index (χ2v) is 3.55. The number of hydrogen-bond donors (Lipinski definition) is 4. The second-order valence-electron chi connectivity index (χ2n) is 3.55. The smallest absolute Gasteiger partial charge is 0.326 e. The van der Waals surface area contributed by atoms with E-state index in [-0.39, 0.29) is 11.8 Å². The molecule has 0 fully saturated rings. The summed E-state index contributed by atoms with van der Waals surface area (Å²) in [7, 11) is 0. The van der Waals surface area contributed by atoms with Gasteiger partial charge < -0.3 is 16.2 Å². The molecule has 0 radical (unpaired) electrons. The molecule has 1 atom stereocenters. The molecular formula is C9H15N5O3. The standard InChI is InChI=1S/C9H15N5O3/c1-2-3-4-5(8(16)17)11-7(15)6-12-9(10)14-13-6/h5H,2-4H2,1H3,(H,11,15)(H,16,17)(H3,10,12,13,14). The van der Waals surface area contributed by atoms with Crippen molar-refractivity contribution in [3.05, 3.63) is 5.82 Å². The molecule has 0 aliphatic rings. The lowest BCUT2D eigenvalue weighted by Crippen LogP contribution is -2.41. The summed E-state index contributed by atoms with van der Waals surface area (Å²) in [5.74, 6) is -1.85. The van der Waals surface area contributed by atoms with Crippen LogP contribution in [0, 0.1) is 0 Å². The first-order chi connectivity index (χ1) is 8.04. The molecule has 8 heteroatoms. The predicted octanol–water partition coefficient (Wildman–Crippen LogP) is -0.240. The molecule has 94 valence electrons. The van der Waals surface area contributed by atoms with Crippen LogP contribution < -0.4 is 11.1 Å². The van der Waals surface area contributed by atoms with E-state index in [1.165, 1.54) is 0 Å². The maximum Gasteiger partial charge on any atom is 0.326 e. The fraction of sp³-hybridized carbons (Fsp3) is 0.556. The maximum absolute atomic E-state index is 11.6. The number of aromatic amines is 1. The molecule has 1 amide bonds. The summed E-state index contributed by atoms with van der Waals surface area (Å²) in [5, 5.41) is 17.1. The third-order valence-corrected chi connectivity index (χ3v) is 2.17. The van der Waals surface area contributed by atoms with Gasteiger partial charge in [-0.1, -0.05) is 19.8 Å². The van der Waals surface area contributed by atoms with Crippen LogP contribution in [0.15, 0.2) is 0 Å². The fourth-order valence-electron chi connectivity index (χ4n) is 1.27. The van der Waals surface area contributed by atoms with Gasteiger partial charge >= 0.3 is 5.97 Å². The van der Waals surface area contributed by atoms with Crippen molar-refractivity contribution in [3.8, 4) is 0 Å². The number of amides is 1. The molecule has 0 bridgehead atoms. The van der Waals surface area contributed by atoms with Crippen molar-refractivity contribution >= 4 is 17.8 Å². The van der Waals surface area contributed by atoms with Crippen molar-refractivity contribution in [2.24, 2.45) is 0 Å². The lowest BCUT2D eigenvalue weighted by atomic mass is 10.1. The van der Waals surface area contributed by atoms with Crippen molar-refractivity contribution in [1.82, 2.24) is 20.5 Å². The van der Waals surface area contributed by atoms with E-state index in [1.54, 1.807) is 0 Å². The Hall–Kier alpha value is -2.12. The second kappa shape index (κ2) is 5.83. The van der Waals surface area contributed by atoms with Crippen LogP contribution in [0.2, 0.25) is 0 Å². The summed E-state index contributed by atoms with van der Waals surface area (Å²) in [4.78, 5) is 26.1. The topological polar surface area (TPSA) is 134 Å². The van der Waals surface area contributed by atoms with Crippen LogP contribution in [0.3, 0.4) is 0 Å². The van der Waals surface area contributed by atoms with Gasteiger partial charge in [0.25, 0.3) is 5.91 Å². The SMILES string of the molecule is CCCCC(NC(=O)c1nc(N)n[nH]1)C(=O)O. The first-order valence-electron chi connectivity index (χ1n) is 5.26. The minimum Gasteiger partial charge on any atom is -0.480 e. The van der Waals surface area contributed by atoms with Gasteiger partial charge in [0.15, 0.2) is 0 Å². The van der Waals surface area contributed by atoms with Gasteiger partial charge in [-0.05, 0) is 6.42 Å². The number of nitrogen functional groups attached to an aromatic ring is 1. The summed E-state index contributed by atoms with van der Waals surface area (Å²) >= 11 is 0. The van der Waals surface area contributed by atoms with Gasteiger partial charge in [-0.2, -0.15) is 4.98 Å². The number of rotatable bonds is 6. The molecule has 1 heterocycles. The van der Waals surface area contributed by atoms with Crippen LogP contribution >= 0.6 is 0 Å². The third-order valence-electron chi connectivity index (χ3n) is 2.17. The Bertz CT molecular complexity index is 403. The minimum atomic E-state index is -1.07. The molecule has 5 N–H and O–H groups in total. The molecular weight excluding hydrogens is 226 g/mol. The normalized spacial score (nSPS) is 12.1. The van der Waals surface area contributed by atoms with Crippen molar-refractivity contribution in [1.29, 1.82) is 0 Å². The molecule has 0 spiro atoms. The number of nitrogens with two attached hydrogens (primary N) is 1. The molecule has 1 rings (SSSR count). The zero-order valence-corrected chi connectivity index (χ0v) is 9.43. The highest BCUT2D eigenvalue weighted by Gasteiger charge is 2.21. The number of carbonyl (C=O) groups excluding carboxylic acids is 1. The summed E-state index contributed by atoms with van der Waals surface area (Å²) in [6, 6.07) is -0.922. The number of carboxylic acids is 1. The van der Waals surface area contributed by atoms with Gasteiger partial charge in [-0.3, -0.25) is 9.89 Å². The van der Waals surface area contributed by atoms with Crippen LogP contribution in [0.4, 0.5) is 5.95 Å². The van der Waals surface area contributed by atoms with Crippen molar-refractivity contribution in [2.75, 3.05) is 5.73 Å². The summed E-state index contributed by atoms with van der Waals surface area (Å²) < 4.78 is 0. The van der Waals surface area contributed by atoms with Gasteiger partial charge in [0.05, 0.1) is 0 Å². The van der Waals surface area contributed by atoms with Gasteiger partial charge in [0.2, 0.25) is 11.8 Å². The van der Waals surface area contributed by atoms with Crippen LogP contribution in [-0.2, 0) is 4.79 Å². The molecule has 0 saturated heterocycles. The Balaban J connectivity index is 2.60. The molecule has 0 aromatic carbocycles. The van der Waals surface area contributed by atoms with Gasteiger partial charge in [0.1, 0.15) is 6.04 Å². The van der Waals surface area contributed by atoms with Crippen LogP contribution in [-0.4, -0.2) is 38.2 Å². The van der Waals surface area contributed by atoms with E-state index >= 15 is 0 Å². The number of H-pyrrole nitrogens is 1. The monoisotopic (exact) mass is 241 g/mol. The van der Waals surface area contributed by atoms with E-state index in [2.05, 4.69) is 20.5 Å². The van der Waals surface area contributed by atoms with Crippen molar-refractivity contribution in [3.63, 3.8) is 0 Å². The zero-order chi connectivity index (χ0) is 12.8. The molecule has 1 unspecified atom stereocenters. The van der Waals surface area contributed by atoms with E-state index in [0.717, 1.165) is 12.8 Å². The molecule has 0 saturated carbocycles. The summed E-state index contributed by atoms with van der Waals surface area (Å²) in [6.07, 6.45) is 1.95. The highest BCUT2D eigenvalue weighted by Crippen LogP contribution is 2.02. The van der Waals surface area contributed by atoms with E-state index in [0.29, 0.717) is 6.42 Å². The molecule has 8 nitrogen and oxygen atoms in total. The van der Waals surface area contributed by atoms with Crippen LogP contribution in [0.25, 0.3) is 0 Å². The number of carboxylic acid groups (broad SMARTS) is 1. The fourth-order valence-corrected chi connectivity index (χ4v) is 1.27. The quantitative estimate of drug-likeness (QED) is 0.543. The largest absolute Gasteiger partial charge is 0.480 e. The molecule has 1 aromatic heterocycles. The number of carbonyl (C=O) groups is 2. The number of aliphatic carboxylic acids is 1. The Morgan fingerprint density at radius 3 is 2.76 bits per heavy atom. The minimum absolute atomic E-state index is 0.0596. The van der Waals surface area contributed by atoms with E-state index in [9.17, 15) is 9.59 Å². The summed E-state index contributed by atoms with van der Waals surface area (Å²) in [5.41, 5.74) is 5.24. The van der Waals surface area contributed by atoms with E-state index in [4.69, 9.17) is 10.8 Å². The first-order valence-corrected chi connectivity index (χ1v) is 5.26. The van der Waals surface area contributed by atoms with E-state index < -0.39 is 17.9 Å². The predicted molar refractivity (Wildman–Crippen MR) is 59.2 cm³/mol. The van der Waals surface area contributed by atoms with Crippen LogP contribution in [0.5, 0.6) is 0 Å². The van der Waals surface area contributed by atoms with Gasteiger partial charge in [-0.15, -0.1) is 5.10 Å².